The van der Waals surface area contributed by atoms with E-state index in [0.29, 0.717) is 5.56 Å². The van der Waals surface area contributed by atoms with Crippen LogP contribution in [0.3, 0.4) is 0 Å². The largest absolute Gasteiger partial charge is 0.255 e. The van der Waals surface area contributed by atoms with Crippen LogP contribution in [-0.2, 0) is 11.8 Å². The second kappa shape index (κ2) is 8.19. The van der Waals surface area contributed by atoms with Crippen LogP contribution in [0.2, 0.25) is 0 Å². The first kappa shape index (κ1) is 22.2. The van der Waals surface area contributed by atoms with Crippen LogP contribution in [0.15, 0.2) is 60.8 Å². The predicted molar refractivity (Wildman–Crippen MR) is 137 cm³/mol. The summed E-state index contributed by atoms with van der Waals surface area (Å²) < 4.78 is 0. The number of hydrogen-bond donors (Lipinski definition) is 0. The van der Waals surface area contributed by atoms with Gasteiger partial charge in [0.15, 0.2) is 0 Å². The van der Waals surface area contributed by atoms with Gasteiger partial charge in [-0.05, 0) is 63.9 Å². The Morgan fingerprint density at radius 2 is 1.69 bits per heavy atom. The topological polar surface area (TPSA) is 36.7 Å². The van der Waals surface area contributed by atoms with Crippen molar-refractivity contribution in [1.29, 1.82) is 5.26 Å². The number of thiophene rings is 1. The third-order valence-corrected chi connectivity index (χ3v) is 6.74. The summed E-state index contributed by atoms with van der Waals surface area (Å²) in [4.78, 5) is 7.15. The Morgan fingerprint density at radius 1 is 0.938 bits per heavy atom. The maximum atomic E-state index is 9.74. The zero-order chi connectivity index (χ0) is 23.1. The molecule has 0 aliphatic carbocycles. The van der Waals surface area contributed by atoms with Gasteiger partial charge in [-0.1, -0.05) is 65.8 Å². The maximum absolute atomic E-state index is 9.74. The number of fused-ring (bicyclic) bond motifs is 1. The monoisotopic (exact) mass is 438 g/mol. The van der Waals surface area contributed by atoms with E-state index in [2.05, 4.69) is 107 Å². The van der Waals surface area contributed by atoms with Gasteiger partial charge in [0.1, 0.15) is 6.07 Å². The van der Waals surface area contributed by atoms with E-state index < -0.39 is 0 Å². The fourth-order valence-corrected chi connectivity index (χ4v) is 5.46. The van der Waals surface area contributed by atoms with E-state index in [-0.39, 0.29) is 10.8 Å². The third-order valence-electron chi connectivity index (χ3n) is 5.62. The number of aromatic nitrogens is 1. The SMILES string of the molecule is CC(C)(C)Cc1ccc(-c2cc(-c3cc(C(C)(C)C)c4ccccc4c3)ncc2C#N)s1. The molecule has 0 saturated heterocycles. The maximum Gasteiger partial charge on any atom is 0.101 e. The highest BCUT2D eigenvalue weighted by Crippen LogP contribution is 2.38. The lowest BCUT2D eigenvalue weighted by molar-refractivity contribution is 0.414. The molecule has 162 valence electrons. The number of benzene rings is 2. The van der Waals surface area contributed by atoms with Crippen molar-refractivity contribution < 1.29 is 0 Å². The Hall–Kier alpha value is -2.96. The molecule has 3 heteroatoms. The van der Waals surface area contributed by atoms with Gasteiger partial charge in [-0.15, -0.1) is 11.3 Å². The average Bonchev–Trinajstić information content (AvgIpc) is 3.18. The number of hydrogen-bond acceptors (Lipinski definition) is 3. The number of rotatable bonds is 3. The van der Waals surface area contributed by atoms with Crippen molar-refractivity contribution in [3.05, 3.63) is 76.8 Å². The number of nitrogens with zero attached hydrogens (tertiary/aromatic N) is 2. The molecule has 0 aliphatic rings. The van der Waals surface area contributed by atoms with Gasteiger partial charge < -0.3 is 0 Å². The number of pyridine rings is 1. The molecular weight excluding hydrogens is 408 g/mol. The molecule has 0 aliphatic heterocycles. The molecule has 0 spiro atoms. The van der Waals surface area contributed by atoms with E-state index in [0.717, 1.165) is 28.1 Å². The molecule has 0 N–H and O–H groups in total. The molecule has 4 aromatic rings. The second-order valence-corrected chi connectivity index (χ2v) is 11.9. The molecule has 0 saturated carbocycles. The molecule has 32 heavy (non-hydrogen) atoms. The van der Waals surface area contributed by atoms with Crippen molar-refractivity contribution >= 4 is 22.1 Å². The smallest absolute Gasteiger partial charge is 0.101 e. The number of nitriles is 1. The molecule has 0 fully saturated rings. The van der Waals surface area contributed by atoms with Crippen LogP contribution in [-0.4, -0.2) is 4.98 Å². The van der Waals surface area contributed by atoms with E-state index in [1.807, 2.05) is 0 Å². The molecular formula is C29H30N2S. The van der Waals surface area contributed by atoms with Crippen molar-refractivity contribution in [1.82, 2.24) is 4.98 Å². The highest BCUT2D eigenvalue weighted by Gasteiger charge is 2.20. The minimum absolute atomic E-state index is 0.0145. The van der Waals surface area contributed by atoms with Gasteiger partial charge in [0.2, 0.25) is 0 Å². The summed E-state index contributed by atoms with van der Waals surface area (Å²) in [6.45, 7) is 13.5. The Kier molecular flexibility index (Phi) is 5.69. The van der Waals surface area contributed by atoms with Gasteiger partial charge in [0, 0.05) is 27.1 Å². The fraction of sp³-hybridized carbons (Fsp3) is 0.310. The summed E-state index contributed by atoms with van der Waals surface area (Å²) >= 11 is 1.78. The molecule has 0 radical (unpaired) electrons. The summed E-state index contributed by atoms with van der Waals surface area (Å²) in [6, 6.07) is 21.8. The van der Waals surface area contributed by atoms with Crippen molar-refractivity contribution in [3.8, 4) is 27.8 Å². The molecule has 2 aromatic carbocycles. The van der Waals surface area contributed by atoms with Crippen LogP contribution < -0.4 is 0 Å². The zero-order valence-electron chi connectivity index (χ0n) is 19.8. The Labute approximate surface area is 195 Å². The standard InChI is InChI=1S/C29H30N2S/c1-28(2,3)16-22-11-12-27(32-22)24-15-26(31-18-21(24)17-30)20-13-19-9-7-8-10-23(19)25(14-20)29(4,5)6/h7-15,18H,16H2,1-6H3. The van der Waals surface area contributed by atoms with Gasteiger partial charge in [0.05, 0.1) is 11.3 Å². The summed E-state index contributed by atoms with van der Waals surface area (Å²) in [5.74, 6) is 0. The fourth-order valence-electron chi connectivity index (χ4n) is 4.13. The van der Waals surface area contributed by atoms with Gasteiger partial charge in [-0.25, -0.2) is 0 Å². The normalized spacial score (nSPS) is 12.2. The van der Waals surface area contributed by atoms with Crippen LogP contribution >= 0.6 is 11.3 Å². The van der Waals surface area contributed by atoms with E-state index in [9.17, 15) is 5.26 Å². The van der Waals surface area contributed by atoms with Crippen molar-refractivity contribution in [3.63, 3.8) is 0 Å². The lowest BCUT2D eigenvalue weighted by Crippen LogP contribution is -2.12. The minimum Gasteiger partial charge on any atom is -0.255 e. The lowest BCUT2D eigenvalue weighted by Gasteiger charge is -2.22. The van der Waals surface area contributed by atoms with Gasteiger partial charge in [0.25, 0.3) is 0 Å². The molecule has 0 amide bonds. The first-order valence-corrected chi connectivity index (χ1v) is 11.9. The highest BCUT2D eigenvalue weighted by atomic mass is 32.1. The lowest BCUT2D eigenvalue weighted by atomic mass is 9.82. The second-order valence-electron chi connectivity index (χ2n) is 10.7. The Bertz CT molecular complexity index is 1320. The molecule has 4 rings (SSSR count). The first-order valence-electron chi connectivity index (χ1n) is 11.1. The van der Waals surface area contributed by atoms with Crippen LogP contribution in [0, 0.1) is 16.7 Å². The van der Waals surface area contributed by atoms with Crippen LogP contribution in [0.1, 0.15) is 57.5 Å². The van der Waals surface area contributed by atoms with Gasteiger partial charge in [-0.2, -0.15) is 5.26 Å². The summed E-state index contributed by atoms with van der Waals surface area (Å²) in [6.07, 6.45) is 2.75. The van der Waals surface area contributed by atoms with E-state index in [4.69, 9.17) is 0 Å². The van der Waals surface area contributed by atoms with Crippen molar-refractivity contribution in [2.24, 2.45) is 5.41 Å². The highest BCUT2D eigenvalue weighted by molar-refractivity contribution is 7.15. The summed E-state index contributed by atoms with van der Waals surface area (Å²) in [7, 11) is 0. The summed E-state index contributed by atoms with van der Waals surface area (Å²) in [5, 5.41) is 12.2. The van der Waals surface area contributed by atoms with E-state index in [1.165, 1.54) is 21.2 Å². The molecule has 2 aromatic heterocycles. The van der Waals surface area contributed by atoms with E-state index >= 15 is 0 Å². The molecule has 0 bridgehead atoms. The summed E-state index contributed by atoms with van der Waals surface area (Å²) in [5.41, 5.74) is 5.13. The van der Waals surface area contributed by atoms with Crippen molar-refractivity contribution in [2.45, 2.75) is 53.4 Å². The molecule has 2 heterocycles. The van der Waals surface area contributed by atoms with Crippen LogP contribution in [0.25, 0.3) is 32.5 Å². The first-order chi connectivity index (χ1) is 15.0. The van der Waals surface area contributed by atoms with Gasteiger partial charge >= 0.3 is 0 Å². The zero-order valence-corrected chi connectivity index (χ0v) is 20.6. The van der Waals surface area contributed by atoms with Crippen LogP contribution in [0.5, 0.6) is 0 Å². The quantitative estimate of drug-likeness (QED) is 0.322. The molecule has 0 unspecified atom stereocenters. The average molecular weight is 439 g/mol. The molecule has 0 atom stereocenters. The van der Waals surface area contributed by atoms with E-state index in [1.54, 1.807) is 17.5 Å². The Balaban J connectivity index is 1.85. The third kappa shape index (κ3) is 4.61. The molecule has 2 nitrogen and oxygen atoms in total. The van der Waals surface area contributed by atoms with Crippen LogP contribution in [0.4, 0.5) is 0 Å². The van der Waals surface area contributed by atoms with Crippen molar-refractivity contribution in [2.75, 3.05) is 0 Å². The Morgan fingerprint density at radius 3 is 2.38 bits per heavy atom. The van der Waals surface area contributed by atoms with Gasteiger partial charge in [-0.3, -0.25) is 4.98 Å². The predicted octanol–water partition coefficient (Wildman–Crippen LogP) is 8.39. The minimum atomic E-state index is 0.0145.